The number of nitrogens with one attached hydrogen (secondary N) is 2. The molecule has 2 N–H and O–H groups in total. The summed E-state index contributed by atoms with van der Waals surface area (Å²) in [7, 11) is 1.60. The van der Waals surface area contributed by atoms with Gasteiger partial charge in [-0.05, 0) is 26.8 Å². The Balaban J connectivity index is 1.85. The average Bonchev–Trinajstić information content (AvgIpc) is 2.86. The number of carbonyl (C=O) groups excluding carboxylic acids is 2. The van der Waals surface area contributed by atoms with Gasteiger partial charge in [0.05, 0.1) is 13.2 Å². The van der Waals surface area contributed by atoms with Gasteiger partial charge in [-0.2, -0.15) is 0 Å². The summed E-state index contributed by atoms with van der Waals surface area (Å²) >= 11 is 0. The fourth-order valence-corrected chi connectivity index (χ4v) is 2.71. The third kappa shape index (κ3) is 4.37. The Bertz CT molecular complexity index is 581. The second-order valence-electron chi connectivity index (χ2n) is 6.72. The quantitative estimate of drug-likeness (QED) is 0.890. The maximum Gasteiger partial charge on any atom is 0.315 e. The van der Waals surface area contributed by atoms with Crippen molar-refractivity contribution < 1.29 is 14.3 Å². The van der Waals surface area contributed by atoms with Gasteiger partial charge in [0.25, 0.3) is 0 Å². The van der Waals surface area contributed by atoms with Gasteiger partial charge in [-0.1, -0.05) is 18.2 Å². The third-order valence-corrected chi connectivity index (χ3v) is 3.90. The highest BCUT2D eigenvalue weighted by Gasteiger charge is 2.36. The van der Waals surface area contributed by atoms with Crippen LogP contribution in [0.4, 0.5) is 4.79 Å². The van der Waals surface area contributed by atoms with Gasteiger partial charge >= 0.3 is 6.03 Å². The highest BCUT2D eigenvalue weighted by atomic mass is 16.5. The van der Waals surface area contributed by atoms with E-state index in [2.05, 4.69) is 10.6 Å². The number of urea groups is 1. The van der Waals surface area contributed by atoms with Crippen molar-refractivity contribution in [2.24, 2.45) is 0 Å². The van der Waals surface area contributed by atoms with E-state index in [4.69, 9.17) is 4.74 Å². The Morgan fingerprint density at radius 3 is 2.65 bits per heavy atom. The Kier molecular flexibility index (Phi) is 5.13. The predicted octanol–water partition coefficient (Wildman–Crippen LogP) is 1.89. The summed E-state index contributed by atoms with van der Waals surface area (Å²) in [6, 6.07) is 7.11. The lowest BCUT2D eigenvalue weighted by molar-refractivity contribution is -0.131. The van der Waals surface area contributed by atoms with Gasteiger partial charge in [0.2, 0.25) is 5.91 Å². The molecule has 0 radical (unpaired) electrons. The van der Waals surface area contributed by atoms with Gasteiger partial charge in [0, 0.05) is 30.6 Å². The van der Waals surface area contributed by atoms with Gasteiger partial charge in [0.1, 0.15) is 5.75 Å². The summed E-state index contributed by atoms with van der Waals surface area (Å²) in [5.41, 5.74) is 0.686. The molecule has 0 aromatic heterocycles. The molecule has 1 aliphatic rings. The summed E-state index contributed by atoms with van der Waals surface area (Å²) in [6.45, 7) is 6.91. The predicted molar refractivity (Wildman–Crippen MR) is 88.2 cm³/mol. The zero-order valence-electron chi connectivity index (χ0n) is 14.2. The van der Waals surface area contributed by atoms with Crippen molar-refractivity contribution in [1.29, 1.82) is 0 Å². The third-order valence-electron chi connectivity index (χ3n) is 3.90. The molecule has 2 rings (SSSR count). The number of rotatable bonds is 4. The first-order valence-corrected chi connectivity index (χ1v) is 7.78. The number of para-hydroxylation sites is 1. The Morgan fingerprint density at radius 2 is 2.04 bits per heavy atom. The van der Waals surface area contributed by atoms with E-state index in [1.54, 1.807) is 12.0 Å². The molecule has 1 aromatic rings. The number of ether oxygens (including phenoxy) is 1. The number of carbonyl (C=O) groups is 2. The fourth-order valence-electron chi connectivity index (χ4n) is 2.71. The van der Waals surface area contributed by atoms with Gasteiger partial charge in [-0.25, -0.2) is 4.79 Å². The van der Waals surface area contributed by atoms with Crippen molar-refractivity contribution >= 4 is 11.9 Å². The summed E-state index contributed by atoms with van der Waals surface area (Å²) in [5.74, 6) is 0.815. The van der Waals surface area contributed by atoms with E-state index >= 15 is 0 Å². The topological polar surface area (TPSA) is 70.7 Å². The molecule has 126 valence electrons. The molecule has 0 spiro atoms. The Labute approximate surface area is 137 Å². The lowest BCUT2D eigenvalue weighted by atomic mass is 10.1. The number of benzene rings is 1. The van der Waals surface area contributed by atoms with Crippen LogP contribution in [0.2, 0.25) is 0 Å². The zero-order chi connectivity index (χ0) is 17.0. The number of nitrogens with zero attached hydrogens (tertiary/aromatic N) is 1. The highest BCUT2D eigenvalue weighted by Crippen LogP contribution is 2.22. The van der Waals surface area contributed by atoms with E-state index < -0.39 is 0 Å². The van der Waals surface area contributed by atoms with Crippen LogP contribution in [0.3, 0.4) is 0 Å². The van der Waals surface area contributed by atoms with Crippen LogP contribution in [0.5, 0.6) is 5.75 Å². The van der Waals surface area contributed by atoms with Crippen molar-refractivity contribution in [3.63, 3.8) is 0 Å². The standard InChI is InChI=1S/C17H25N3O3/c1-17(2,3)20-11-13(9-15(20)21)19-16(22)18-10-12-7-5-6-8-14(12)23-4/h5-8,13H,9-11H2,1-4H3,(H2,18,19,22). The fraction of sp³-hybridized carbons (Fsp3) is 0.529. The SMILES string of the molecule is COc1ccccc1CNC(=O)NC1CC(=O)N(C(C)(C)C)C1. The van der Waals surface area contributed by atoms with Crippen LogP contribution in [0.25, 0.3) is 0 Å². The molecule has 1 heterocycles. The minimum atomic E-state index is -0.274. The van der Waals surface area contributed by atoms with Gasteiger partial charge in [-0.3, -0.25) is 4.79 Å². The Morgan fingerprint density at radius 1 is 1.35 bits per heavy atom. The maximum absolute atomic E-state index is 12.0. The molecule has 1 saturated heterocycles. The van der Waals surface area contributed by atoms with E-state index in [1.807, 2.05) is 45.0 Å². The second-order valence-corrected chi connectivity index (χ2v) is 6.72. The maximum atomic E-state index is 12.0. The lowest BCUT2D eigenvalue weighted by Crippen LogP contribution is -2.46. The molecule has 23 heavy (non-hydrogen) atoms. The summed E-state index contributed by atoms with van der Waals surface area (Å²) < 4.78 is 5.25. The van der Waals surface area contributed by atoms with E-state index in [0.29, 0.717) is 19.5 Å². The molecule has 0 saturated carbocycles. The summed E-state index contributed by atoms with van der Waals surface area (Å²) in [4.78, 5) is 25.9. The molecule has 0 bridgehead atoms. The number of hydrogen-bond acceptors (Lipinski definition) is 3. The average molecular weight is 319 g/mol. The zero-order valence-corrected chi connectivity index (χ0v) is 14.2. The van der Waals surface area contributed by atoms with Crippen molar-refractivity contribution in [3.05, 3.63) is 29.8 Å². The number of likely N-dealkylation sites (tertiary alicyclic amines) is 1. The van der Waals surface area contributed by atoms with Crippen LogP contribution >= 0.6 is 0 Å². The van der Waals surface area contributed by atoms with Crippen molar-refractivity contribution in [2.75, 3.05) is 13.7 Å². The number of hydrogen-bond donors (Lipinski definition) is 2. The first-order chi connectivity index (χ1) is 10.8. The molecular weight excluding hydrogens is 294 g/mol. The van der Waals surface area contributed by atoms with Crippen LogP contribution < -0.4 is 15.4 Å². The molecule has 0 aliphatic carbocycles. The first-order valence-electron chi connectivity index (χ1n) is 7.78. The van der Waals surface area contributed by atoms with Crippen LogP contribution in [0, 0.1) is 0 Å². The molecule has 6 heteroatoms. The van der Waals surface area contributed by atoms with Crippen LogP contribution in [0.1, 0.15) is 32.8 Å². The van der Waals surface area contributed by atoms with Gasteiger partial charge in [-0.15, -0.1) is 0 Å². The molecule has 6 nitrogen and oxygen atoms in total. The smallest absolute Gasteiger partial charge is 0.315 e. The molecule has 3 amide bonds. The van der Waals surface area contributed by atoms with Gasteiger partial charge in [0.15, 0.2) is 0 Å². The van der Waals surface area contributed by atoms with Crippen molar-refractivity contribution in [2.45, 2.75) is 45.3 Å². The Hall–Kier alpha value is -2.24. The summed E-state index contributed by atoms with van der Waals surface area (Å²) in [5, 5.41) is 5.67. The highest BCUT2D eigenvalue weighted by molar-refractivity contribution is 5.82. The van der Waals surface area contributed by atoms with Crippen molar-refractivity contribution in [1.82, 2.24) is 15.5 Å². The molecule has 1 aromatic carbocycles. The van der Waals surface area contributed by atoms with E-state index in [-0.39, 0.29) is 23.5 Å². The largest absolute Gasteiger partial charge is 0.496 e. The normalized spacial score (nSPS) is 18.0. The lowest BCUT2D eigenvalue weighted by Gasteiger charge is -2.32. The van der Waals surface area contributed by atoms with Crippen LogP contribution in [0.15, 0.2) is 24.3 Å². The van der Waals surface area contributed by atoms with E-state index in [9.17, 15) is 9.59 Å². The monoisotopic (exact) mass is 319 g/mol. The van der Waals surface area contributed by atoms with Crippen molar-refractivity contribution in [3.8, 4) is 5.75 Å². The summed E-state index contributed by atoms with van der Waals surface area (Å²) in [6.07, 6.45) is 0.347. The van der Waals surface area contributed by atoms with E-state index in [0.717, 1.165) is 11.3 Å². The second kappa shape index (κ2) is 6.89. The number of methoxy groups -OCH3 is 1. The number of amides is 3. The van der Waals surface area contributed by atoms with Gasteiger partial charge < -0.3 is 20.3 Å². The minimum absolute atomic E-state index is 0.0764. The first kappa shape index (κ1) is 17.1. The van der Waals surface area contributed by atoms with Crippen LogP contribution in [-0.4, -0.2) is 42.1 Å². The molecule has 1 fully saturated rings. The molecular formula is C17H25N3O3. The molecule has 1 aliphatic heterocycles. The minimum Gasteiger partial charge on any atom is -0.496 e. The van der Waals surface area contributed by atoms with Crippen LogP contribution in [-0.2, 0) is 11.3 Å². The van der Waals surface area contributed by atoms with E-state index in [1.165, 1.54) is 0 Å². The molecule has 1 unspecified atom stereocenters. The molecule has 1 atom stereocenters.